The molecule has 0 saturated carbocycles. The summed E-state index contributed by atoms with van der Waals surface area (Å²) in [4.78, 5) is 30.1. The first kappa shape index (κ1) is 27.3. The number of aliphatic hydroxyl groups excluding tert-OH is 1. The lowest BCUT2D eigenvalue weighted by atomic mass is 9.84. The van der Waals surface area contributed by atoms with Gasteiger partial charge in [-0.05, 0) is 75.3 Å². The normalized spacial score (nSPS) is 17.7. The molecule has 1 saturated heterocycles. The molecule has 0 aliphatic carbocycles. The lowest BCUT2D eigenvalue weighted by molar-refractivity contribution is -0.139. The second-order valence-corrected chi connectivity index (χ2v) is 10.3. The molecule has 36 heavy (non-hydrogen) atoms. The Kier molecular flexibility index (Phi) is 8.46. The molecule has 0 bridgehead atoms. The van der Waals surface area contributed by atoms with E-state index in [0.29, 0.717) is 30.9 Å². The highest BCUT2D eigenvalue weighted by Gasteiger charge is 2.45. The number of rotatable bonds is 9. The van der Waals surface area contributed by atoms with Crippen LogP contribution in [0, 0.1) is 0 Å². The van der Waals surface area contributed by atoms with Gasteiger partial charge in [0.15, 0.2) is 0 Å². The number of methoxy groups -OCH3 is 1. The number of amides is 1. The zero-order chi connectivity index (χ0) is 26.6. The Morgan fingerprint density at radius 3 is 2.31 bits per heavy atom. The van der Waals surface area contributed by atoms with Gasteiger partial charge in [0.1, 0.15) is 17.3 Å². The highest BCUT2D eigenvalue weighted by molar-refractivity contribution is 6.46. The molecular weight excluding hydrogens is 456 g/mol. The first-order valence-electron chi connectivity index (χ1n) is 12.3. The third kappa shape index (κ3) is 5.73. The summed E-state index contributed by atoms with van der Waals surface area (Å²) in [5, 5.41) is 11.5. The van der Waals surface area contributed by atoms with Crippen LogP contribution >= 0.6 is 0 Å². The van der Waals surface area contributed by atoms with Crippen LogP contribution in [-0.2, 0) is 15.0 Å². The number of aliphatic hydroxyl groups is 1. The molecule has 7 nitrogen and oxygen atoms in total. The summed E-state index contributed by atoms with van der Waals surface area (Å²) in [6.07, 6.45) is 0.698. The summed E-state index contributed by atoms with van der Waals surface area (Å²) in [7, 11) is 5.52. The van der Waals surface area contributed by atoms with Crippen molar-refractivity contribution in [3.8, 4) is 11.5 Å². The van der Waals surface area contributed by atoms with Crippen LogP contribution < -0.4 is 9.47 Å². The quantitative estimate of drug-likeness (QED) is 0.308. The largest absolute Gasteiger partial charge is 0.507 e. The number of hydrogen-bond donors (Lipinski definition) is 1. The predicted octanol–water partition coefficient (Wildman–Crippen LogP) is 4.76. The van der Waals surface area contributed by atoms with Gasteiger partial charge in [0.2, 0.25) is 0 Å². The first-order valence-corrected chi connectivity index (χ1v) is 12.3. The van der Waals surface area contributed by atoms with Crippen molar-refractivity contribution in [3.63, 3.8) is 0 Å². The van der Waals surface area contributed by atoms with Crippen molar-refractivity contribution >= 4 is 17.4 Å². The van der Waals surface area contributed by atoms with Crippen LogP contribution in [0.3, 0.4) is 0 Å². The number of benzene rings is 2. The van der Waals surface area contributed by atoms with Gasteiger partial charge < -0.3 is 24.4 Å². The molecule has 1 fully saturated rings. The minimum Gasteiger partial charge on any atom is -0.507 e. The second kappa shape index (κ2) is 11.2. The number of Topliss-reactive ketones (excluding diaryl/α,β-unsaturated/α-hetero) is 1. The van der Waals surface area contributed by atoms with Gasteiger partial charge in [-0.2, -0.15) is 0 Å². The lowest BCUT2D eigenvalue weighted by Gasteiger charge is -2.26. The minimum absolute atomic E-state index is 0.0963. The van der Waals surface area contributed by atoms with Gasteiger partial charge in [0.05, 0.1) is 25.3 Å². The van der Waals surface area contributed by atoms with E-state index in [2.05, 4.69) is 20.8 Å². The SMILES string of the molecule is CCOc1ccc(/C(O)=C2/C(=O)C(=O)N(CCCN(C)C)C2c2ccc(OC)cc2)cc1C(C)(C)C. The molecule has 194 valence electrons. The number of nitrogens with zero attached hydrogens (tertiary/aromatic N) is 2. The van der Waals surface area contributed by atoms with E-state index in [-0.39, 0.29) is 16.7 Å². The summed E-state index contributed by atoms with van der Waals surface area (Å²) >= 11 is 0. The van der Waals surface area contributed by atoms with Gasteiger partial charge >= 0.3 is 0 Å². The molecule has 2 aromatic rings. The van der Waals surface area contributed by atoms with E-state index >= 15 is 0 Å². The smallest absolute Gasteiger partial charge is 0.295 e. The molecule has 1 heterocycles. The van der Waals surface area contributed by atoms with E-state index < -0.39 is 17.7 Å². The Balaban J connectivity index is 2.15. The van der Waals surface area contributed by atoms with Crippen LogP contribution in [0.4, 0.5) is 0 Å². The maximum absolute atomic E-state index is 13.3. The van der Waals surface area contributed by atoms with E-state index in [4.69, 9.17) is 9.47 Å². The monoisotopic (exact) mass is 494 g/mol. The fraction of sp³-hybridized carbons (Fsp3) is 0.448. The lowest BCUT2D eigenvalue weighted by Crippen LogP contribution is -2.32. The van der Waals surface area contributed by atoms with E-state index in [9.17, 15) is 14.7 Å². The van der Waals surface area contributed by atoms with E-state index in [1.54, 1.807) is 30.2 Å². The van der Waals surface area contributed by atoms with Crippen molar-refractivity contribution in [3.05, 3.63) is 64.7 Å². The zero-order valence-electron chi connectivity index (χ0n) is 22.4. The molecule has 0 aromatic heterocycles. The number of carbonyl (C=O) groups is 2. The summed E-state index contributed by atoms with van der Waals surface area (Å²) < 4.78 is 11.1. The van der Waals surface area contributed by atoms with E-state index in [1.165, 1.54) is 0 Å². The van der Waals surface area contributed by atoms with Crippen molar-refractivity contribution in [2.24, 2.45) is 0 Å². The Morgan fingerprint density at radius 1 is 1.08 bits per heavy atom. The highest BCUT2D eigenvalue weighted by Crippen LogP contribution is 2.41. The number of likely N-dealkylation sites (tertiary alicyclic amines) is 1. The standard InChI is InChI=1S/C29H38N2O5/c1-8-36-23-15-12-20(18-22(23)29(2,3)4)26(32)24-25(19-10-13-21(35-7)14-11-19)31(28(34)27(24)33)17-9-16-30(5)6/h10-15,18,25,32H,8-9,16-17H2,1-7H3/b26-24-. The van der Waals surface area contributed by atoms with Gasteiger partial charge in [-0.25, -0.2) is 0 Å². The molecule has 1 amide bonds. The van der Waals surface area contributed by atoms with Crippen LogP contribution in [0.25, 0.3) is 5.76 Å². The van der Waals surface area contributed by atoms with Crippen molar-refractivity contribution in [1.29, 1.82) is 0 Å². The molecule has 2 aromatic carbocycles. The molecule has 1 aliphatic rings. The van der Waals surface area contributed by atoms with Crippen molar-refractivity contribution in [2.75, 3.05) is 40.9 Å². The molecule has 1 atom stereocenters. The van der Waals surface area contributed by atoms with Crippen LogP contribution in [0.1, 0.15) is 56.8 Å². The zero-order valence-corrected chi connectivity index (χ0v) is 22.4. The molecule has 1 unspecified atom stereocenters. The van der Waals surface area contributed by atoms with Crippen molar-refractivity contribution < 1.29 is 24.2 Å². The van der Waals surface area contributed by atoms with E-state index in [0.717, 1.165) is 23.4 Å². The van der Waals surface area contributed by atoms with Crippen LogP contribution in [0.5, 0.6) is 11.5 Å². The van der Waals surface area contributed by atoms with Gasteiger partial charge in [0, 0.05) is 17.7 Å². The number of carbonyl (C=O) groups excluding carboxylic acids is 2. The molecule has 3 rings (SSSR count). The summed E-state index contributed by atoms with van der Waals surface area (Å²) in [6.45, 7) is 9.80. The molecule has 0 spiro atoms. The van der Waals surface area contributed by atoms with Crippen molar-refractivity contribution in [1.82, 2.24) is 9.80 Å². The molecule has 1 N–H and O–H groups in total. The molecular formula is C29H38N2O5. The Hall–Kier alpha value is -3.32. The number of ether oxygens (including phenoxy) is 2. The molecule has 0 radical (unpaired) electrons. The third-order valence-electron chi connectivity index (χ3n) is 6.34. The second-order valence-electron chi connectivity index (χ2n) is 10.3. The molecule has 1 aliphatic heterocycles. The van der Waals surface area contributed by atoms with Gasteiger partial charge in [-0.1, -0.05) is 32.9 Å². The Labute approximate surface area is 214 Å². The minimum atomic E-state index is -0.692. The average molecular weight is 495 g/mol. The van der Waals surface area contributed by atoms with Crippen LogP contribution in [-0.4, -0.2) is 67.5 Å². The maximum atomic E-state index is 13.3. The first-order chi connectivity index (χ1) is 17.0. The molecule has 7 heteroatoms. The highest BCUT2D eigenvalue weighted by atomic mass is 16.5. The maximum Gasteiger partial charge on any atom is 0.295 e. The summed E-state index contributed by atoms with van der Waals surface area (Å²) in [6, 6.07) is 12.0. The van der Waals surface area contributed by atoms with Crippen LogP contribution in [0.2, 0.25) is 0 Å². The fourth-order valence-electron chi connectivity index (χ4n) is 4.50. The number of ketones is 1. The van der Waals surface area contributed by atoms with Gasteiger partial charge in [-0.15, -0.1) is 0 Å². The Bertz CT molecular complexity index is 1130. The average Bonchev–Trinajstić information content (AvgIpc) is 3.08. The summed E-state index contributed by atoms with van der Waals surface area (Å²) in [5.74, 6) is -0.0534. The van der Waals surface area contributed by atoms with Crippen molar-refractivity contribution in [2.45, 2.75) is 45.6 Å². The summed E-state index contributed by atoms with van der Waals surface area (Å²) in [5.41, 5.74) is 1.97. The number of hydrogen-bond acceptors (Lipinski definition) is 6. The predicted molar refractivity (Wildman–Crippen MR) is 141 cm³/mol. The van der Waals surface area contributed by atoms with Gasteiger partial charge in [-0.3, -0.25) is 9.59 Å². The van der Waals surface area contributed by atoms with E-state index in [1.807, 2.05) is 50.2 Å². The van der Waals surface area contributed by atoms with Gasteiger partial charge in [0.25, 0.3) is 11.7 Å². The fourth-order valence-corrected chi connectivity index (χ4v) is 4.50. The van der Waals surface area contributed by atoms with Crippen LogP contribution in [0.15, 0.2) is 48.0 Å². The third-order valence-corrected chi connectivity index (χ3v) is 6.34. The Morgan fingerprint density at radius 2 is 1.75 bits per heavy atom. The topological polar surface area (TPSA) is 79.3 Å².